The van der Waals surface area contributed by atoms with Crippen molar-refractivity contribution in [3.05, 3.63) is 199 Å². The predicted octanol–water partition coefficient (Wildman–Crippen LogP) is 11.9. The van der Waals surface area contributed by atoms with Crippen molar-refractivity contribution in [3.63, 3.8) is 0 Å². The third-order valence-corrected chi connectivity index (χ3v) is 10.8. The van der Waals surface area contributed by atoms with Crippen molar-refractivity contribution in [2.45, 2.75) is 6.17 Å². The Morgan fingerprint density at radius 1 is 0.434 bits per heavy atom. The Balaban J connectivity index is 1.12. The first-order valence-electron chi connectivity index (χ1n) is 18.1. The molecule has 0 amide bonds. The largest absolute Gasteiger partial charge is 0.344 e. The molecule has 0 saturated heterocycles. The molecule has 11 rings (SSSR count). The smallest absolute Gasteiger partial charge is 0.160 e. The van der Waals surface area contributed by atoms with Gasteiger partial charge in [0.1, 0.15) is 12.0 Å². The molecular formula is C49H32N4. The van der Waals surface area contributed by atoms with Crippen LogP contribution in [0.25, 0.3) is 70.6 Å². The average molecular weight is 677 g/mol. The van der Waals surface area contributed by atoms with Crippen LogP contribution in [0.15, 0.2) is 192 Å². The molecule has 4 nitrogen and oxygen atoms in total. The normalized spacial score (nSPS) is 14.6. The maximum Gasteiger partial charge on any atom is 0.160 e. The third kappa shape index (κ3) is 4.84. The van der Waals surface area contributed by atoms with Gasteiger partial charge in [0.15, 0.2) is 5.84 Å². The molecule has 1 aromatic heterocycles. The van der Waals surface area contributed by atoms with Gasteiger partial charge in [0.05, 0.1) is 16.7 Å². The molecule has 1 N–H and O–H groups in total. The van der Waals surface area contributed by atoms with E-state index >= 15 is 0 Å². The maximum absolute atomic E-state index is 5.35. The summed E-state index contributed by atoms with van der Waals surface area (Å²) >= 11 is 0. The highest BCUT2D eigenvalue weighted by Gasteiger charge is 2.23. The van der Waals surface area contributed by atoms with Gasteiger partial charge in [-0.1, -0.05) is 146 Å². The van der Waals surface area contributed by atoms with E-state index in [1.54, 1.807) is 0 Å². The van der Waals surface area contributed by atoms with Crippen LogP contribution in [0.2, 0.25) is 0 Å². The summed E-state index contributed by atoms with van der Waals surface area (Å²) in [6.07, 6.45) is -0.322. The van der Waals surface area contributed by atoms with Crippen molar-refractivity contribution in [3.8, 4) is 5.69 Å². The van der Waals surface area contributed by atoms with E-state index < -0.39 is 0 Å². The van der Waals surface area contributed by atoms with Crippen LogP contribution in [0, 0.1) is 0 Å². The maximum atomic E-state index is 5.35. The van der Waals surface area contributed by atoms with Crippen LogP contribution in [-0.4, -0.2) is 16.2 Å². The van der Waals surface area contributed by atoms with Gasteiger partial charge in [-0.05, 0) is 79.7 Å². The molecule has 2 heterocycles. The fraction of sp³-hybridized carbons (Fsp3) is 0.0204. The van der Waals surface area contributed by atoms with E-state index in [-0.39, 0.29) is 6.17 Å². The van der Waals surface area contributed by atoms with Crippen LogP contribution in [0.3, 0.4) is 0 Å². The zero-order valence-electron chi connectivity index (χ0n) is 28.7. The first-order valence-corrected chi connectivity index (χ1v) is 18.1. The Kier molecular flexibility index (Phi) is 6.58. The van der Waals surface area contributed by atoms with E-state index in [1.165, 1.54) is 54.1 Å². The summed E-state index contributed by atoms with van der Waals surface area (Å²) in [4.78, 5) is 10.6. The third-order valence-electron chi connectivity index (χ3n) is 10.8. The van der Waals surface area contributed by atoms with Gasteiger partial charge in [0.25, 0.3) is 0 Å². The molecular weight excluding hydrogens is 645 g/mol. The first-order chi connectivity index (χ1) is 26.2. The van der Waals surface area contributed by atoms with Crippen LogP contribution >= 0.6 is 0 Å². The van der Waals surface area contributed by atoms with Gasteiger partial charge in [0.2, 0.25) is 0 Å². The predicted molar refractivity (Wildman–Crippen MR) is 223 cm³/mol. The van der Waals surface area contributed by atoms with Gasteiger partial charge in [-0.25, -0.2) is 9.98 Å². The lowest BCUT2D eigenvalue weighted by Crippen LogP contribution is -2.33. The number of hydrogen-bond acceptors (Lipinski definition) is 3. The summed E-state index contributed by atoms with van der Waals surface area (Å²) in [6.45, 7) is 0. The van der Waals surface area contributed by atoms with Crippen LogP contribution in [0.5, 0.6) is 0 Å². The molecule has 248 valence electrons. The van der Waals surface area contributed by atoms with Crippen molar-refractivity contribution < 1.29 is 0 Å². The van der Waals surface area contributed by atoms with Crippen molar-refractivity contribution in [2.24, 2.45) is 9.98 Å². The Morgan fingerprint density at radius 3 is 1.87 bits per heavy atom. The van der Waals surface area contributed by atoms with E-state index in [0.29, 0.717) is 5.84 Å². The van der Waals surface area contributed by atoms with E-state index in [0.717, 1.165) is 39.0 Å². The summed E-state index contributed by atoms with van der Waals surface area (Å²) in [5.74, 6) is 1.52. The summed E-state index contributed by atoms with van der Waals surface area (Å²) in [5.41, 5.74) is 6.62. The highest BCUT2D eigenvalue weighted by Crippen LogP contribution is 2.38. The highest BCUT2D eigenvalue weighted by atomic mass is 15.2. The summed E-state index contributed by atoms with van der Waals surface area (Å²) in [7, 11) is 0. The lowest BCUT2D eigenvalue weighted by molar-refractivity contribution is 0.675. The molecule has 1 atom stereocenters. The van der Waals surface area contributed by atoms with Gasteiger partial charge >= 0.3 is 0 Å². The highest BCUT2D eigenvalue weighted by molar-refractivity contribution is 6.20. The van der Waals surface area contributed by atoms with Crippen molar-refractivity contribution in [2.75, 3.05) is 0 Å². The van der Waals surface area contributed by atoms with Gasteiger partial charge < -0.3 is 9.88 Å². The molecule has 1 unspecified atom stereocenters. The molecule has 0 bridgehead atoms. The Labute approximate surface area is 306 Å². The molecule has 0 aliphatic carbocycles. The zero-order chi connectivity index (χ0) is 34.9. The Bertz CT molecular complexity index is 3170. The SMILES string of the molecule is c1ccc2cc(C3=NC(c4cccc5c(-n6c7ccccc7c7cc8ccccc8cc76)cccc45)=NC(c4ccc5ccccc5c4)N3)ccc2c1. The number of benzene rings is 9. The van der Waals surface area contributed by atoms with Crippen LogP contribution in [-0.2, 0) is 0 Å². The fourth-order valence-corrected chi connectivity index (χ4v) is 8.20. The second kappa shape index (κ2) is 11.8. The Hall–Kier alpha value is -7.04. The standard InChI is InChI=1S/C49H32N4/c1-3-13-33-27-37(25-23-31(33)11-1)47-50-48(38-26-24-32-12-2-4-14-34(32)28-38)52-49(51-47)42-20-9-19-40-39(42)18-10-22-45(40)53-44-21-8-7-17-41(44)43-29-35-15-5-6-16-36(35)30-46(43)53/h1-30,47H,(H,50,51,52). The fourth-order valence-electron chi connectivity index (χ4n) is 8.20. The summed E-state index contributed by atoms with van der Waals surface area (Å²) in [5, 5.41) is 15.7. The molecule has 0 saturated carbocycles. The number of rotatable bonds is 4. The van der Waals surface area contributed by atoms with Gasteiger partial charge in [-0.2, -0.15) is 0 Å². The van der Waals surface area contributed by atoms with Gasteiger partial charge in [-0.15, -0.1) is 0 Å². The monoisotopic (exact) mass is 676 g/mol. The number of aromatic nitrogens is 1. The Morgan fingerprint density at radius 2 is 1.06 bits per heavy atom. The number of nitrogens with one attached hydrogen (secondary N) is 1. The quantitative estimate of drug-likeness (QED) is 0.198. The minimum Gasteiger partial charge on any atom is -0.344 e. The molecule has 0 spiro atoms. The second-order valence-electron chi connectivity index (χ2n) is 13.9. The van der Waals surface area contributed by atoms with Crippen molar-refractivity contribution in [1.29, 1.82) is 0 Å². The lowest BCUT2D eigenvalue weighted by Gasteiger charge is -2.24. The zero-order valence-corrected chi connectivity index (χ0v) is 28.7. The second-order valence-corrected chi connectivity index (χ2v) is 13.9. The van der Waals surface area contributed by atoms with Gasteiger partial charge in [0, 0.05) is 27.3 Å². The number of para-hydroxylation sites is 1. The number of amidine groups is 2. The van der Waals surface area contributed by atoms with Crippen LogP contribution in [0.4, 0.5) is 0 Å². The number of fused-ring (bicyclic) bond motifs is 7. The molecule has 9 aromatic carbocycles. The van der Waals surface area contributed by atoms with Crippen molar-refractivity contribution in [1.82, 2.24) is 9.88 Å². The number of nitrogens with zero attached hydrogens (tertiary/aromatic N) is 3. The van der Waals surface area contributed by atoms with E-state index in [2.05, 4.69) is 192 Å². The van der Waals surface area contributed by atoms with Crippen molar-refractivity contribution >= 4 is 76.6 Å². The molecule has 0 fully saturated rings. The average Bonchev–Trinajstić information content (AvgIpc) is 3.54. The molecule has 0 radical (unpaired) electrons. The minimum atomic E-state index is -0.322. The molecule has 1 aliphatic heterocycles. The molecule has 10 aromatic rings. The van der Waals surface area contributed by atoms with Gasteiger partial charge in [-0.3, -0.25) is 0 Å². The van der Waals surface area contributed by atoms with E-state index in [1.807, 2.05) is 0 Å². The topological polar surface area (TPSA) is 41.7 Å². The minimum absolute atomic E-state index is 0.322. The number of hydrogen-bond donors (Lipinski definition) is 1. The summed E-state index contributed by atoms with van der Waals surface area (Å²) < 4.78 is 2.43. The molecule has 1 aliphatic rings. The molecule has 53 heavy (non-hydrogen) atoms. The van der Waals surface area contributed by atoms with Crippen LogP contribution < -0.4 is 5.32 Å². The van der Waals surface area contributed by atoms with E-state index in [9.17, 15) is 0 Å². The first kappa shape index (κ1) is 29.7. The summed E-state index contributed by atoms with van der Waals surface area (Å²) in [6, 6.07) is 65.2. The number of aliphatic imine (C=N–C) groups is 2. The van der Waals surface area contributed by atoms with E-state index in [4.69, 9.17) is 9.98 Å². The lowest BCUT2D eigenvalue weighted by atomic mass is 10.0. The molecule has 4 heteroatoms. The van der Waals surface area contributed by atoms with Crippen LogP contribution in [0.1, 0.15) is 22.9 Å².